The van der Waals surface area contributed by atoms with Crippen LogP contribution in [-0.4, -0.2) is 61.9 Å². The minimum atomic E-state index is -3.18. The van der Waals surface area contributed by atoms with E-state index in [0.717, 1.165) is 23.1 Å². The van der Waals surface area contributed by atoms with Crippen LogP contribution >= 0.6 is 0 Å². The summed E-state index contributed by atoms with van der Waals surface area (Å²) in [4.78, 5) is 13.6. The fourth-order valence-corrected chi connectivity index (χ4v) is 24.6. The van der Waals surface area contributed by atoms with Crippen molar-refractivity contribution < 1.29 is 23.7 Å². The molecule has 2 aliphatic rings. The predicted octanol–water partition coefficient (Wildman–Crippen LogP) is 8.73. The molecule has 0 amide bonds. The molecule has 1 aromatic heterocycles. The van der Waals surface area contributed by atoms with Crippen molar-refractivity contribution in [2.75, 3.05) is 26.9 Å². The summed E-state index contributed by atoms with van der Waals surface area (Å²) in [5, 5.41) is 0.973. The summed E-state index contributed by atoms with van der Waals surface area (Å²) in [5.41, 5.74) is 1.81. The molecular formula is C35H57NO5Sn. The summed E-state index contributed by atoms with van der Waals surface area (Å²) in [5.74, 6) is 0.444. The second-order valence-electron chi connectivity index (χ2n) is 12.8. The van der Waals surface area contributed by atoms with E-state index in [-0.39, 0.29) is 12.1 Å². The fraction of sp³-hybridized carbons (Fsp3) is 0.743. The quantitative estimate of drug-likeness (QED) is 0.130. The van der Waals surface area contributed by atoms with E-state index in [2.05, 4.69) is 43.5 Å². The third-order valence-corrected chi connectivity index (χ3v) is 25.1. The van der Waals surface area contributed by atoms with E-state index in [9.17, 15) is 4.79 Å². The first-order chi connectivity index (χ1) is 20.6. The maximum absolute atomic E-state index is 13.6. The van der Waals surface area contributed by atoms with Gasteiger partial charge in [-0.25, -0.2) is 0 Å². The van der Waals surface area contributed by atoms with E-state index in [1.807, 2.05) is 6.07 Å². The first-order valence-electron chi connectivity index (χ1n) is 17.1. The SMILES string of the molecule is CCC[CH2][Sn]([CH2]CCC)([CH2]CCC)[c]1c(C(=O)OC)c2ccccc2n1C1OCC(COCC2CCCCCCC2)O1. The van der Waals surface area contributed by atoms with Crippen molar-refractivity contribution in [1.29, 1.82) is 0 Å². The molecule has 7 heteroatoms. The zero-order chi connectivity index (χ0) is 29.8. The molecule has 6 nitrogen and oxygen atoms in total. The number of methoxy groups -OCH3 is 1. The van der Waals surface area contributed by atoms with Crippen molar-refractivity contribution in [3.63, 3.8) is 0 Å². The molecule has 2 heterocycles. The molecule has 2 atom stereocenters. The zero-order valence-electron chi connectivity index (χ0n) is 27.0. The Kier molecular flexibility index (Phi) is 14.0. The first-order valence-corrected chi connectivity index (χ1v) is 24.6. The Morgan fingerprint density at radius 3 is 2.14 bits per heavy atom. The molecule has 2 fully saturated rings. The third kappa shape index (κ3) is 8.33. The Hall–Kier alpha value is -1.09. The fourth-order valence-electron chi connectivity index (χ4n) is 7.32. The Morgan fingerprint density at radius 1 is 0.905 bits per heavy atom. The van der Waals surface area contributed by atoms with Gasteiger partial charge < -0.3 is 0 Å². The van der Waals surface area contributed by atoms with Crippen LogP contribution in [0.4, 0.5) is 0 Å². The van der Waals surface area contributed by atoms with E-state index in [1.165, 1.54) is 108 Å². The zero-order valence-corrected chi connectivity index (χ0v) is 29.8. The van der Waals surface area contributed by atoms with Crippen LogP contribution in [-0.2, 0) is 18.9 Å². The van der Waals surface area contributed by atoms with Gasteiger partial charge in [-0.2, -0.15) is 0 Å². The number of hydrogen-bond donors (Lipinski definition) is 0. The summed E-state index contributed by atoms with van der Waals surface area (Å²) in [6.45, 7) is 8.75. The standard InChI is InChI=1S/C23H30NO5.3C4H9.Sn/c1-26-22(25)20-13-24(21-12-8-7-11-19(20)21)23-28-16-18(29-23)15-27-14-17-9-5-3-2-4-6-10-17;3*1-3-4-2;/h7-8,11-12,17-18,23H,2-6,9-10,14-16H2,1H3;3*1,3-4H2,2H3;. The molecule has 0 spiro atoms. The molecule has 1 aliphatic carbocycles. The van der Waals surface area contributed by atoms with Crippen LogP contribution in [0.15, 0.2) is 24.3 Å². The van der Waals surface area contributed by atoms with Gasteiger partial charge in [-0.1, -0.05) is 6.42 Å². The van der Waals surface area contributed by atoms with Gasteiger partial charge in [-0.3, -0.25) is 0 Å². The number of ether oxygens (including phenoxy) is 4. The summed E-state index contributed by atoms with van der Waals surface area (Å²) in [6.07, 6.45) is 15.8. The molecule has 1 aromatic carbocycles. The number of carbonyl (C=O) groups excluding carboxylic acids is 1. The second kappa shape index (κ2) is 17.4. The van der Waals surface area contributed by atoms with Gasteiger partial charge in [-0.15, -0.1) is 0 Å². The topological polar surface area (TPSA) is 58.9 Å². The van der Waals surface area contributed by atoms with Crippen LogP contribution in [0, 0.1) is 5.92 Å². The Balaban J connectivity index is 1.67. The number of benzene rings is 1. The van der Waals surface area contributed by atoms with Gasteiger partial charge in [0, 0.05) is 0 Å². The van der Waals surface area contributed by atoms with E-state index in [1.54, 1.807) is 0 Å². The van der Waals surface area contributed by atoms with Gasteiger partial charge in [-0.05, 0) is 0 Å². The van der Waals surface area contributed by atoms with Crippen LogP contribution in [0.25, 0.3) is 10.9 Å². The Labute approximate surface area is 259 Å². The van der Waals surface area contributed by atoms with Crippen LogP contribution < -0.4 is 3.71 Å². The number of rotatable bonds is 16. The Bertz CT molecular complexity index is 1070. The molecule has 1 saturated carbocycles. The van der Waals surface area contributed by atoms with Crippen LogP contribution in [0.5, 0.6) is 0 Å². The molecule has 236 valence electrons. The monoisotopic (exact) mass is 691 g/mol. The summed E-state index contributed by atoms with van der Waals surface area (Å²) < 4.78 is 32.2. The van der Waals surface area contributed by atoms with E-state index in [0.29, 0.717) is 19.1 Å². The van der Waals surface area contributed by atoms with Crippen molar-refractivity contribution in [2.24, 2.45) is 5.92 Å². The van der Waals surface area contributed by atoms with Crippen LogP contribution in [0.2, 0.25) is 13.3 Å². The molecule has 1 saturated heterocycles. The summed E-state index contributed by atoms with van der Waals surface area (Å²) in [6, 6.07) is 8.32. The van der Waals surface area contributed by atoms with Crippen LogP contribution in [0.3, 0.4) is 0 Å². The van der Waals surface area contributed by atoms with E-state index < -0.39 is 24.8 Å². The van der Waals surface area contributed by atoms with Crippen LogP contribution in [0.1, 0.15) is 121 Å². The number of nitrogens with zero attached hydrogens (tertiary/aromatic N) is 1. The summed E-state index contributed by atoms with van der Waals surface area (Å²) >= 11 is -3.18. The van der Waals surface area contributed by atoms with Crippen molar-refractivity contribution in [3.8, 4) is 0 Å². The van der Waals surface area contributed by atoms with Gasteiger partial charge in [0.25, 0.3) is 0 Å². The normalized spacial score (nSPS) is 20.6. The maximum atomic E-state index is 13.6. The number of aromatic nitrogens is 1. The Morgan fingerprint density at radius 2 is 1.52 bits per heavy atom. The number of hydrogen-bond acceptors (Lipinski definition) is 5. The van der Waals surface area contributed by atoms with Gasteiger partial charge in [0.05, 0.1) is 0 Å². The molecular weight excluding hydrogens is 633 g/mol. The van der Waals surface area contributed by atoms with Gasteiger partial charge in [0.2, 0.25) is 0 Å². The number of esters is 1. The van der Waals surface area contributed by atoms with Crippen molar-refractivity contribution in [1.82, 2.24) is 4.57 Å². The number of fused-ring (bicyclic) bond motifs is 1. The van der Waals surface area contributed by atoms with Gasteiger partial charge in [0.15, 0.2) is 0 Å². The van der Waals surface area contributed by atoms with Gasteiger partial charge in [0.1, 0.15) is 0 Å². The predicted molar refractivity (Wildman–Crippen MR) is 174 cm³/mol. The van der Waals surface area contributed by atoms with Crippen molar-refractivity contribution >= 4 is 39.0 Å². The van der Waals surface area contributed by atoms with E-state index in [4.69, 9.17) is 18.9 Å². The minimum absolute atomic E-state index is 0.106. The second-order valence-corrected chi connectivity index (χ2v) is 25.8. The molecule has 0 radical (unpaired) electrons. The van der Waals surface area contributed by atoms with Crippen molar-refractivity contribution in [3.05, 3.63) is 29.8 Å². The third-order valence-electron chi connectivity index (χ3n) is 9.66. The molecule has 42 heavy (non-hydrogen) atoms. The number of unbranched alkanes of at least 4 members (excludes halogenated alkanes) is 3. The molecule has 2 unspecified atom stereocenters. The first kappa shape index (κ1) is 33.8. The van der Waals surface area contributed by atoms with E-state index >= 15 is 0 Å². The molecule has 2 aromatic rings. The number of para-hydroxylation sites is 1. The average Bonchev–Trinajstić information content (AvgIpc) is 3.60. The molecule has 4 rings (SSSR count). The molecule has 0 N–H and O–H groups in total. The molecule has 1 aliphatic heterocycles. The molecule has 0 bridgehead atoms. The average molecular weight is 691 g/mol. The number of carbonyl (C=O) groups is 1. The summed E-state index contributed by atoms with van der Waals surface area (Å²) in [7, 11) is 1.52. The van der Waals surface area contributed by atoms with Crippen molar-refractivity contribution in [2.45, 2.75) is 130 Å². The van der Waals surface area contributed by atoms with Gasteiger partial charge >= 0.3 is 254 Å².